The Morgan fingerprint density at radius 3 is 2.29 bits per heavy atom. The first-order chi connectivity index (χ1) is 6.32. The number of nitrogens with one attached hydrogen (secondary N) is 1. The van der Waals surface area contributed by atoms with Gasteiger partial charge in [0.2, 0.25) is 0 Å². The van der Waals surface area contributed by atoms with Crippen molar-refractivity contribution in [2.24, 2.45) is 5.73 Å². The molecule has 0 aliphatic heterocycles. The van der Waals surface area contributed by atoms with Crippen LogP contribution in [0.3, 0.4) is 0 Å². The van der Waals surface area contributed by atoms with E-state index in [1.54, 1.807) is 0 Å². The predicted molar refractivity (Wildman–Crippen MR) is 46.9 cm³/mol. The molecule has 0 spiro atoms. The Morgan fingerprint density at radius 1 is 1.29 bits per heavy atom. The van der Waals surface area contributed by atoms with Gasteiger partial charge in [0.1, 0.15) is 5.84 Å². The summed E-state index contributed by atoms with van der Waals surface area (Å²) in [6.45, 7) is 0. The number of anilines is 1. The molecule has 14 heavy (non-hydrogen) atoms. The zero-order chi connectivity index (χ0) is 10.9. The molecule has 0 amide bonds. The number of nitrogen functional groups attached to an aromatic ring is 2. The van der Waals surface area contributed by atoms with Crippen LogP contribution in [0.2, 0.25) is 0 Å². The van der Waals surface area contributed by atoms with Crippen LogP contribution >= 0.6 is 0 Å². The molecule has 0 saturated carbocycles. The van der Waals surface area contributed by atoms with Gasteiger partial charge < -0.3 is 11.5 Å². The average Bonchev–Trinajstić information content (AvgIpc) is 2.02. The highest BCUT2D eigenvalue weighted by Gasteiger charge is 2.33. The number of halogens is 3. The Kier molecular flexibility index (Phi) is 2.37. The summed E-state index contributed by atoms with van der Waals surface area (Å²) in [6.07, 6.45) is -4.52. The van der Waals surface area contributed by atoms with Crippen molar-refractivity contribution in [1.82, 2.24) is 0 Å². The van der Waals surface area contributed by atoms with Gasteiger partial charge in [0, 0.05) is 11.3 Å². The third kappa shape index (κ3) is 1.95. The molecule has 6 heteroatoms. The normalized spacial score (nSPS) is 11.4. The third-order valence-corrected chi connectivity index (χ3v) is 1.67. The van der Waals surface area contributed by atoms with Crippen molar-refractivity contribution in [3.05, 3.63) is 29.3 Å². The van der Waals surface area contributed by atoms with Crippen molar-refractivity contribution < 1.29 is 13.2 Å². The van der Waals surface area contributed by atoms with Gasteiger partial charge in [-0.25, -0.2) is 0 Å². The number of alkyl halides is 3. The van der Waals surface area contributed by atoms with Crippen molar-refractivity contribution in [1.29, 1.82) is 5.41 Å². The zero-order valence-electron chi connectivity index (χ0n) is 7.02. The average molecular weight is 203 g/mol. The SMILES string of the molecule is N=C(N)c1ccc(N)c(C(F)(F)F)c1. The Labute approximate surface area is 78.0 Å². The summed E-state index contributed by atoms with van der Waals surface area (Å²) >= 11 is 0. The molecule has 1 rings (SSSR count). The lowest BCUT2D eigenvalue weighted by Gasteiger charge is -2.10. The maximum Gasteiger partial charge on any atom is 0.418 e. The number of nitrogens with two attached hydrogens (primary N) is 2. The number of benzene rings is 1. The lowest BCUT2D eigenvalue weighted by Crippen LogP contribution is -2.15. The minimum atomic E-state index is -4.52. The Bertz CT molecular complexity index is 371. The van der Waals surface area contributed by atoms with E-state index >= 15 is 0 Å². The van der Waals surface area contributed by atoms with Crippen molar-refractivity contribution in [3.63, 3.8) is 0 Å². The van der Waals surface area contributed by atoms with E-state index in [1.165, 1.54) is 6.07 Å². The second-order valence-corrected chi connectivity index (χ2v) is 2.71. The summed E-state index contributed by atoms with van der Waals surface area (Å²) in [6, 6.07) is 3.12. The number of amidine groups is 1. The van der Waals surface area contributed by atoms with Gasteiger partial charge >= 0.3 is 6.18 Å². The molecule has 0 atom stereocenters. The third-order valence-electron chi connectivity index (χ3n) is 1.67. The summed E-state index contributed by atoms with van der Waals surface area (Å²) in [5.74, 6) is -0.421. The van der Waals surface area contributed by atoms with Gasteiger partial charge in [0.25, 0.3) is 0 Å². The molecule has 0 saturated heterocycles. The molecule has 0 bridgehead atoms. The van der Waals surface area contributed by atoms with Crippen LogP contribution in [0, 0.1) is 5.41 Å². The first-order valence-corrected chi connectivity index (χ1v) is 3.63. The lowest BCUT2D eigenvalue weighted by molar-refractivity contribution is -0.136. The number of hydrogen-bond donors (Lipinski definition) is 3. The van der Waals surface area contributed by atoms with Gasteiger partial charge in [-0.3, -0.25) is 5.41 Å². The quantitative estimate of drug-likeness (QED) is 0.368. The Balaban J connectivity index is 3.29. The van der Waals surface area contributed by atoms with Crippen molar-refractivity contribution >= 4 is 11.5 Å². The van der Waals surface area contributed by atoms with Crippen molar-refractivity contribution in [3.8, 4) is 0 Å². The Morgan fingerprint density at radius 2 is 1.86 bits per heavy atom. The van der Waals surface area contributed by atoms with E-state index in [2.05, 4.69) is 0 Å². The van der Waals surface area contributed by atoms with Crippen LogP contribution in [-0.4, -0.2) is 5.84 Å². The van der Waals surface area contributed by atoms with Gasteiger partial charge in [-0.15, -0.1) is 0 Å². The molecule has 1 aromatic rings. The van der Waals surface area contributed by atoms with E-state index in [1.807, 2.05) is 0 Å². The summed E-state index contributed by atoms with van der Waals surface area (Å²) in [7, 11) is 0. The maximum atomic E-state index is 12.3. The van der Waals surface area contributed by atoms with Crippen LogP contribution < -0.4 is 11.5 Å². The lowest BCUT2D eigenvalue weighted by atomic mass is 10.1. The van der Waals surface area contributed by atoms with Crippen LogP contribution in [0.1, 0.15) is 11.1 Å². The minimum absolute atomic E-state index is 0.00604. The number of hydrogen-bond acceptors (Lipinski definition) is 2. The maximum absolute atomic E-state index is 12.3. The van der Waals surface area contributed by atoms with Crippen molar-refractivity contribution in [2.45, 2.75) is 6.18 Å². The second-order valence-electron chi connectivity index (χ2n) is 2.71. The first kappa shape index (κ1) is 10.4. The summed E-state index contributed by atoms with van der Waals surface area (Å²) in [4.78, 5) is 0. The molecule has 0 radical (unpaired) electrons. The molecule has 0 unspecified atom stereocenters. The van der Waals surface area contributed by atoms with Gasteiger partial charge in [0.15, 0.2) is 0 Å². The van der Waals surface area contributed by atoms with Gasteiger partial charge in [-0.1, -0.05) is 0 Å². The molecule has 0 heterocycles. The highest BCUT2D eigenvalue weighted by atomic mass is 19.4. The molecular weight excluding hydrogens is 195 g/mol. The van der Waals surface area contributed by atoms with Crippen LogP contribution in [0.15, 0.2) is 18.2 Å². The molecule has 5 N–H and O–H groups in total. The van der Waals surface area contributed by atoms with Crippen LogP contribution in [-0.2, 0) is 6.18 Å². The molecule has 0 aliphatic carbocycles. The highest BCUT2D eigenvalue weighted by Crippen LogP contribution is 2.33. The molecule has 0 aliphatic rings. The van der Waals surface area contributed by atoms with Gasteiger partial charge in [-0.2, -0.15) is 13.2 Å². The van der Waals surface area contributed by atoms with E-state index < -0.39 is 17.6 Å². The fraction of sp³-hybridized carbons (Fsp3) is 0.125. The smallest absolute Gasteiger partial charge is 0.398 e. The molecule has 1 aromatic carbocycles. The minimum Gasteiger partial charge on any atom is -0.398 e. The topological polar surface area (TPSA) is 75.9 Å². The fourth-order valence-electron chi connectivity index (χ4n) is 0.969. The molecule has 76 valence electrons. The van der Waals surface area contributed by atoms with E-state index in [0.717, 1.165) is 12.1 Å². The fourth-order valence-corrected chi connectivity index (χ4v) is 0.969. The van der Waals surface area contributed by atoms with Crippen molar-refractivity contribution in [2.75, 3.05) is 5.73 Å². The predicted octanol–water partition coefficient (Wildman–Crippen LogP) is 1.57. The standard InChI is InChI=1S/C8H8F3N3/c9-8(10,11)5-3-4(7(13)14)1-2-6(5)12/h1-3H,12H2,(H3,13,14). The van der Waals surface area contributed by atoms with Crippen LogP contribution in [0.25, 0.3) is 0 Å². The molecular formula is C8H8F3N3. The monoisotopic (exact) mass is 203 g/mol. The van der Waals surface area contributed by atoms with E-state index in [4.69, 9.17) is 16.9 Å². The molecule has 0 aromatic heterocycles. The summed E-state index contributed by atoms with van der Waals surface area (Å²) in [5, 5.41) is 6.98. The second kappa shape index (κ2) is 3.21. The highest BCUT2D eigenvalue weighted by molar-refractivity contribution is 5.95. The Hall–Kier alpha value is -1.72. The summed E-state index contributed by atoms with van der Waals surface area (Å²) in [5.41, 5.74) is 8.86. The largest absolute Gasteiger partial charge is 0.418 e. The molecule has 3 nitrogen and oxygen atoms in total. The van der Waals surface area contributed by atoms with E-state index in [0.29, 0.717) is 0 Å². The van der Waals surface area contributed by atoms with E-state index in [9.17, 15) is 13.2 Å². The first-order valence-electron chi connectivity index (χ1n) is 3.63. The molecule has 0 fully saturated rings. The van der Waals surface area contributed by atoms with E-state index in [-0.39, 0.29) is 11.3 Å². The number of rotatable bonds is 1. The van der Waals surface area contributed by atoms with Crippen LogP contribution in [0.4, 0.5) is 18.9 Å². The van der Waals surface area contributed by atoms with Gasteiger partial charge in [-0.05, 0) is 18.2 Å². The van der Waals surface area contributed by atoms with Crippen LogP contribution in [0.5, 0.6) is 0 Å². The van der Waals surface area contributed by atoms with Gasteiger partial charge in [0.05, 0.1) is 5.56 Å². The zero-order valence-corrected chi connectivity index (χ0v) is 7.02. The summed E-state index contributed by atoms with van der Waals surface area (Å²) < 4.78 is 36.9.